The molecule has 0 radical (unpaired) electrons. The first kappa shape index (κ1) is 80.4. The first-order chi connectivity index (χ1) is 36.2. The van der Waals surface area contributed by atoms with E-state index >= 15 is 0 Å². The quantitative estimate of drug-likeness (QED) is 0.0260. The second-order valence-electron chi connectivity index (χ2n) is 19.5. The molecule has 0 heterocycles. The van der Waals surface area contributed by atoms with E-state index in [0.717, 1.165) is 129 Å². The summed E-state index contributed by atoms with van der Waals surface area (Å²) in [4.78, 5) is 41.7. The average molecular weight is 1050 g/mol. The van der Waals surface area contributed by atoms with Crippen molar-refractivity contribution < 1.29 is 23.9 Å². The summed E-state index contributed by atoms with van der Waals surface area (Å²) in [6, 6.07) is 0. The zero-order valence-electron chi connectivity index (χ0n) is 52.4. The molecule has 0 aromatic rings. The summed E-state index contributed by atoms with van der Waals surface area (Å²) in [5, 5.41) is 0. The van der Waals surface area contributed by atoms with Crippen LogP contribution in [0.3, 0.4) is 0 Å². The highest BCUT2D eigenvalue weighted by Crippen LogP contribution is 2.14. The number of esters is 1. The molecule has 0 saturated carbocycles. The van der Waals surface area contributed by atoms with E-state index in [0.29, 0.717) is 43.9 Å². The van der Waals surface area contributed by atoms with Crippen molar-refractivity contribution >= 4 is 17.5 Å². The fourth-order valence-electron chi connectivity index (χ4n) is 8.04. The van der Waals surface area contributed by atoms with Gasteiger partial charge in [0.1, 0.15) is 11.6 Å². The molecule has 0 aromatic heterocycles. The first-order valence-electron chi connectivity index (χ1n) is 32.1. The maximum atomic E-state index is 12.6. The standard InChI is InChI=1S/C32H59NO2.C29H55NO3.3C2H6/c1-5-8-11-13-15-17-19-21-24-31(34)26-29-33(27-10-7-3)28-22-25-32(35)30(4)23-20-18-16-14-12-9-6-2;1-5-8-10-12-14-16-17-19-26-32-28(4)21-24-30(23-7-3)25-22-29(31)33-27-20-18-15-13-11-9-6-2;3*1-2/h15-18,30H,5-14,19-29H2,1-4H3;15,18H,4-14,16-17,19-27H2,1-3H3;3*1-2H3/b17-15-,18-16-;18-15-;;;. The van der Waals surface area contributed by atoms with E-state index in [1.165, 1.54) is 116 Å². The van der Waals surface area contributed by atoms with Gasteiger partial charge in [0, 0.05) is 51.2 Å². The Morgan fingerprint density at radius 3 is 1.36 bits per heavy atom. The minimum Gasteiger partial charge on any atom is -0.499 e. The van der Waals surface area contributed by atoms with Gasteiger partial charge < -0.3 is 19.3 Å². The van der Waals surface area contributed by atoms with Crippen LogP contribution >= 0.6 is 0 Å². The van der Waals surface area contributed by atoms with Crippen molar-refractivity contribution in [2.75, 3.05) is 52.5 Å². The monoisotopic (exact) mass is 1050 g/mol. The van der Waals surface area contributed by atoms with Crippen LogP contribution in [0.2, 0.25) is 0 Å². The van der Waals surface area contributed by atoms with Crippen molar-refractivity contribution in [1.82, 2.24) is 9.80 Å². The van der Waals surface area contributed by atoms with Gasteiger partial charge in [-0.25, -0.2) is 0 Å². The van der Waals surface area contributed by atoms with Crippen LogP contribution in [0.5, 0.6) is 0 Å². The van der Waals surface area contributed by atoms with Crippen LogP contribution < -0.4 is 0 Å². The Balaban J connectivity index is -0.000000390. The largest absolute Gasteiger partial charge is 0.499 e. The SMILES string of the molecule is C=C(CCN(CCC)CCC(=O)OCC/C=C\CCCCC)OCCCCCCCCCC.CC.CC.CC.CCCCC/C=C\CCCC(=O)CCN(CCCC)CCCC(=O)C(C)CC/C=C\CCCCC. The number of carbonyl (C=O) groups is 3. The first-order valence-corrected chi connectivity index (χ1v) is 32.1. The van der Waals surface area contributed by atoms with Crippen molar-refractivity contribution in [2.45, 2.75) is 308 Å². The van der Waals surface area contributed by atoms with Crippen LogP contribution in [0, 0.1) is 5.92 Å². The third kappa shape index (κ3) is 67.5. The van der Waals surface area contributed by atoms with E-state index < -0.39 is 0 Å². The lowest BCUT2D eigenvalue weighted by Gasteiger charge is -2.22. The Bertz CT molecular complexity index is 1210. The third-order valence-electron chi connectivity index (χ3n) is 12.7. The van der Waals surface area contributed by atoms with Crippen LogP contribution in [-0.4, -0.2) is 79.8 Å². The van der Waals surface area contributed by atoms with Gasteiger partial charge in [0.05, 0.1) is 25.4 Å². The van der Waals surface area contributed by atoms with Gasteiger partial charge in [-0.05, 0) is 116 Å². The van der Waals surface area contributed by atoms with E-state index in [4.69, 9.17) is 9.47 Å². The van der Waals surface area contributed by atoms with E-state index in [1.54, 1.807) is 0 Å². The van der Waals surface area contributed by atoms with Crippen LogP contribution in [0.4, 0.5) is 0 Å². The average Bonchev–Trinajstić information content (AvgIpc) is 3.42. The summed E-state index contributed by atoms with van der Waals surface area (Å²) in [6.45, 7) is 38.2. The van der Waals surface area contributed by atoms with E-state index in [-0.39, 0.29) is 11.9 Å². The van der Waals surface area contributed by atoms with Gasteiger partial charge in [-0.1, -0.05) is 223 Å². The zero-order chi connectivity index (χ0) is 56.4. The molecule has 0 saturated heterocycles. The van der Waals surface area contributed by atoms with Gasteiger partial charge in [-0.3, -0.25) is 14.4 Å². The van der Waals surface area contributed by atoms with Gasteiger partial charge in [-0.2, -0.15) is 0 Å². The second-order valence-corrected chi connectivity index (χ2v) is 19.5. The molecule has 0 aliphatic heterocycles. The van der Waals surface area contributed by atoms with Crippen LogP contribution in [0.15, 0.2) is 48.8 Å². The molecule has 0 N–H and O–H groups in total. The van der Waals surface area contributed by atoms with Crippen LogP contribution in [-0.2, 0) is 23.9 Å². The van der Waals surface area contributed by atoms with Gasteiger partial charge in [0.2, 0.25) is 0 Å². The Morgan fingerprint density at radius 1 is 0.392 bits per heavy atom. The Kier molecular flexibility index (Phi) is 78.8. The lowest BCUT2D eigenvalue weighted by molar-refractivity contribution is -0.143. The number of nitrogens with zero attached hydrogens (tertiary/aromatic N) is 2. The number of rotatable bonds is 51. The fraction of sp³-hybridized carbons (Fsp3) is 0.836. The summed E-state index contributed by atoms with van der Waals surface area (Å²) >= 11 is 0. The van der Waals surface area contributed by atoms with E-state index in [9.17, 15) is 14.4 Å². The molecular weight excluding hydrogens is 913 g/mol. The topological polar surface area (TPSA) is 76.2 Å². The van der Waals surface area contributed by atoms with E-state index in [1.807, 2.05) is 41.5 Å². The molecule has 1 atom stereocenters. The number of ether oxygens (including phenoxy) is 2. The normalized spacial score (nSPS) is 11.4. The molecule has 0 bridgehead atoms. The van der Waals surface area contributed by atoms with Crippen molar-refractivity contribution in [3.63, 3.8) is 0 Å². The molecule has 0 rings (SSSR count). The molecule has 440 valence electrons. The second kappa shape index (κ2) is 72.6. The smallest absolute Gasteiger partial charge is 0.307 e. The summed E-state index contributed by atoms with van der Waals surface area (Å²) in [7, 11) is 0. The molecule has 0 aliphatic rings. The van der Waals surface area contributed by atoms with E-state index in [2.05, 4.69) is 101 Å². The minimum absolute atomic E-state index is 0.0970. The maximum Gasteiger partial charge on any atom is 0.307 e. The number of unbranched alkanes of at least 4 members (excludes halogenated alkanes) is 18. The summed E-state index contributed by atoms with van der Waals surface area (Å²) in [5.41, 5.74) is 0. The molecule has 0 aliphatic carbocycles. The Labute approximate surface area is 464 Å². The predicted molar refractivity (Wildman–Crippen MR) is 331 cm³/mol. The molecule has 0 aromatic carbocycles. The van der Waals surface area contributed by atoms with Gasteiger partial charge in [0.15, 0.2) is 0 Å². The number of allylic oxidation sites excluding steroid dienone is 5. The van der Waals surface area contributed by atoms with Gasteiger partial charge >= 0.3 is 5.97 Å². The highest BCUT2D eigenvalue weighted by Gasteiger charge is 2.14. The lowest BCUT2D eigenvalue weighted by atomic mass is 9.97. The zero-order valence-corrected chi connectivity index (χ0v) is 52.4. The Hall–Kier alpha value is -2.51. The summed E-state index contributed by atoms with van der Waals surface area (Å²) in [6.07, 6.45) is 51.2. The van der Waals surface area contributed by atoms with Gasteiger partial charge in [-0.15, -0.1) is 0 Å². The highest BCUT2D eigenvalue weighted by molar-refractivity contribution is 5.80. The van der Waals surface area contributed by atoms with Gasteiger partial charge in [0.25, 0.3) is 0 Å². The predicted octanol–water partition coefficient (Wildman–Crippen LogP) is 20.6. The molecule has 0 amide bonds. The summed E-state index contributed by atoms with van der Waals surface area (Å²) < 4.78 is 11.2. The third-order valence-corrected chi connectivity index (χ3v) is 12.7. The van der Waals surface area contributed by atoms with Crippen LogP contribution in [0.25, 0.3) is 0 Å². The number of hydrogen-bond acceptors (Lipinski definition) is 7. The Morgan fingerprint density at radius 2 is 0.824 bits per heavy atom. The molecule has 0 fully saturated rings. The molecular formula is C67H132N2O5. The number of carbonyl (C=O) groups excluding carboxylic acids is 3. The van der Waals surface area contributed by atoms with Crippen molar-refractivity contribution in [3.8, 4) is 0 Å². The molecule has 1 unspecified atom stereocenters. The minimum atomic E-state index is -0.0970. The molecule has 7 heteroatoms. The molecule has 74 heavy (non-hydrogen) atoms. The molecule has 7 nitrogen and oxygen atoms in total. The number of ketones is 2. The fourth-order valence-corrected chi connectivity index (χ4v) is 8.04. The lowest BCUT2D eigenvalue weighted by Crippen LogP contribution is -2.29. The van der Waals surface area contributed by atoms with Crippen molar-refractivity contribution in [2.24, 2.45) is 5.92 Å². The summed E-state index contributed by atoms with van der Waals surface area (Å²) in [5.74, 6) is 1.71. The van der Waals surface area contributed by atoms with Crippen LogP contribution in [0.1, 0.15) is 308 Å². The number of Topliss-reactive ketones (excluding diaryl/α,β-unsaturated/α-hetero) is 2. The maximum absolute atomic E-state index is 12.6. The highest BCUT2D eigenvalue weighted by atomic mass is 16.5. The van der Waals surface area contributed by atoms with Crippen molar-refractivity contribution in [1.29, 1.82) is 0 Å². The molecule has 0 spiro atoms. The number of hydrogen-bond donors (Lipinski definition) is 0. The van der Waals surface area contributed by atoms with Crippen molar-refractivity contribution in [3.05, 3.63) is 48.8 Å².